The smallest absolute Gasteiger partial charge is 0.148 e. The number of rotatable bonds is 4. The van der Waals surface area contributed by atoms with Crippen LogP contribution in [-0.4, -0.2) is 16.7 Å². The first-order valence-electron chi connectivity index (χ1n) is 5.51. The van der Waals surface area contributed by atoms with Gasteiger partial charge >= 0.3 is 0 Å². The molecule has 0 bridgehead atoms. The van der Waals surface area contributed by atoms with Crippen molar-refractivity contribution in [2.45, 2.75) is 20.4 Å². The van der Waals surface area contributed by atoms with Crippen LogP contribution in [0, 0.1) is 6.92 Å². The number of nitrogens with one attached hydrogen (secondary N) is 1. The van der Waals surface area contributed by atoms with Crippen molar-refractivity contribution in [3.63, 3.8) is 0 Å². The van der Waals surface area contributed by atoms with Crippen molar-refractivity contribution in [2.75, 3.05) is 6.54 Å². The van der Waals surface area contributed by atoms with Gasteiger partial charge in [-0.1, -0.05) is 42.0 Å². The predicted molar refractivity (Wildman–Crippen MR) is 72.5 cm³/mol. The number of benzene rings is 1. The molecule has 2 aromatic rings. The highest BCUT2D eigenvalue weighted by Crippen LogP contribution is 2.30. The van der Waals surface area contributed by atoms with E-state index in [4.69, 9.17) is 11.6 Å². The van der Waals surface area contributed by atoms with Crippen molar-refractivity contribution < 1.29 is 0 Å². The second-order valence-electron chi connectivity index (χ2n) is 3.69. The van der Waals surface area contributed by atoms with Gasteiger partial charge in [0.05, 0.1) is 0 Å². The lowest BCUT2D eigenvalue weighted by atomic mass is 10.1. The van der Waals surface area contributed by atoms with Gasteiger partial charge in [0.15, 0.2) is 0 Å². The molecule has 2 rings (SSSR count). The number of aromatic nitrogens is 2. The quantitative estimate of drug-likeness (QED) is 0.924. The molecule has 0 atom stereocenters. The van der Waals surface area contributed by atoms with Crippen molar-refractivity contribution in [3.05, 3.63) is 33.8 Å². The van der Waals surface area contributed by atoms with Gasteiger partial charge in [0.2, 0.25) is 0 Å². The van der Waals surface area contributed by atoms with E-state index in [2.05, 4.69) is 22.4 Å². The normalized spacial score (nSPS) is 10.8. The molecular formula is C12H14ClN3S. The average molecular weight is 268 g/mol. The summed E-state index contributed by atoms with van der Waals surface area (Å²) in [5, 5.41) is 14.3. The summed E-state index contributed by atoms with van der Waals surface area (Å²) in [6.45, 7) is 5.78. The third-order valence-corrected chi connectivity index (χ3v) is 3.86. The van der Waals surface area contributed by atoms with Crippen LogP contribution in [0.2, 0.25) is 5.02 Å². The minimum Gasteiger partial charge on any atom is -0.311 e. The van der Waals surface area contributed by atoms with Crippen molar-refractivity contribution in [1.29, 1.82) is 0 Å². The number of hydrogen-bond donors (Lipinski definition) is 1. The van der Waals surface area contributed by atoms with Crippen LogP contribution in [0.15, 0.2) is 18.2 Å². The lowest BCUT2D eigenvalue weighted by Crippen LogP contribution is -2.11. The SMILES string of the molecule is CCNCc1nnc(-c2cccc(Cl)c2C)s1. The molecule has 17 heavy (non-hydrogen) atoms. The topological polar surface area (TPSA) is 37.8 Å². The van der Waals surface area contributed by atoms with Gasteiger partial charge < -0.3 is 5.32 Å². The number of halogens is 1. The van der Waals surface area contributed by atoms with E-state index >= 15 is 0 Å². The second-order valence-corrected chi connectivity index (χ2v) is 5.16. The molecule has 3 nitrogen and oxygen atoms in total. The summed E-state index contributed by atoms with van der Waals surface area (Å²) in [7, 11) is 0. The first-order valence-corrected chi connectivity index (χ1v) is 6.70. The second kappa shape index (κ2) is 5.58. The van der Waals surface area contributed by atoms with Gasteiger partial charge in [0.25, 0.3) is 0 Å². The van der Waals surface area contributed by atoms with Gasteiger partial charge in [0.1, 0.15) is 10.0 Å². The fraction of sp³-hybridized carbons (Fsp3) is 0.333. The lowest BCUT2D eigenvalue weighted by molar-refractivity contribution is 0.715. The van der Waals surface area contributed by atoms with E-state index < -0.39 is 0 Å². The summed E-state index contributed by atoms with van der Waals surface area (Å²) >= 11 is 7.70. The van der Waals surface area contributed by atoms with Crippen LogP contribution in [0.3, 0.4) is 0 Å². The first-order chi connectivity index (χ1) is 8.22. The molecule has 0 saturated heterocycles. The fourth-order valence-corrected chi connectivity index (χ4v) is 2.57. The maximum absolute atomic E-state index is 6.10. The average Bonchev–Trinajstić information content (AvgIpc) is 2.78. The van der Waals surface area contributed by atoms with E-state index in [1.807, 2.05) is 25.1 Å². The molecule has 0 radical (unpaired) electrons. The van der Waals surface area contributed by atoms with E-state index in [-0.39, 0.29) is 0 Å². The van der Waals surface area contributed by atoms with Crippen molar-refractivity contribution in [2.24, 2.45) is 0 Å². The molecule has 0 aliphatic rings. The Balaban J connectivity index is 2.27. The zero-order chi connectivity index (χ0) is 12.3. The first kappa shape index (κ1) is 12.5. The molecule has 0 aliphatic carbocycles. The van der Waals surface area contributed by atoms with Gasteiger partial charge in [-0.25, -0.2) is 0 Å². The molecule has 0 amide bonds. The minimum absolute atomic E-state index is 0.769. The van der Waals surface area contributed by atoms with Crippen LogP contribution in [0.4, 0.5) is 0 Å². The molecule has 1 aromatic carbocycles. The Kier molecular flexibility index (Phi) is 4.10. The fourth-order valence-electron chi connectivity index (χ4n) is 1.50. The highest BCUT2D eigenvalue weighted by Gasteiger charge is 2.10. The van der Waals surface area contributed by atoms with Crippen LogP contribution in [0.1, 0.15) is 17.5 Å². The summed E-state index contributed by atoms with van der Waals surface area (Å²) in [4.78, 5) is 0. The Morgan fingerprint density at radius 2 is 2.18 bits per heavy atom. The molecular weight excluding hydrogens is 254 g/mol. The van der Waals surface area contributed by atoms with E-state index in [0.717, 1.165) is 39.3 Å². The van der Waals surface area contributed by atoms with Crippen molar-refractivity contribution >= 4 is 22.9 Å². The molecule has 0 spiro atoms. The van der Waals surface area contributed by atoms with E-state index in [1.165, 1.54) is 0 Å². The molecule has 1 aromatic heterocycles. The molecule has 0 saturated carbocycles. The Morgan fingerprint density at radius 1 is 1.35 bits per heavy atom. The van der Waals surface area contributed by atoms with Crippen molar-refractivity contribution in [3.8, 4) is 10.6 Å². The largest absolute Gasteiger partial charge is 0.311 e. The maximum Gasteiger partial charge on any atom is 0.148 e. The Morgan fingerprint density at radius 3 is 2.94 bits per heavy atom. The van der Waals surface area contributed by atoms with Crippen LogP contribution in [0.25, 0.3) is 10.6 Å². The predicted octanol–water partition coefficient (Wildman–Crippen LogP) is 3.28. The summed E-state index contributed by atoms with van der Waals surface area (Å²) in [6.07, 6.45) is 0. The van der Waals surface area contributed by atoms with Gasteiger partial charge in [-0.2, -0.15) is 0 Å². The highest BCUT2D eigenvalue weighted by atomic mass is 35.5. The van der Waals surface area contributed by atoms with Gasteiger partial charge in [-0.3, -0.25) is 0 Å². The summed E-state index contributed by atoms with van der Waals surface area (Å²) < 4.78 is 0. The molecule has 1 N–H and O–H groups in total. The van der Waals surface area contributed by atoms with Crippen LogP contribution >= 0.6 is 22.9 Å². The summed E-state index contributed by atoms with van der Waals surface area (Å²) in [5.41, 5.74) is 2.12. The molecule has 5 heteroatoms. The third-order valence-electron chi connectivity index (χ3n) is 2.49. The minimum atomic E-state index is 0.769. The van der Waals surface area contributed by atoms with E-state index in [9.17, 15) is 0 Å². The standard InChI is InChI=1S/C12H14ClN3S/c1-3-14-7-11-15-16-12(17-11)9-5-4-6-10(13)8(9)2/h4-6,14H,3,7H2,1-2H3. The third kappa shape index (κ3) is 2.83. The summed E-state index contributed by atoms with van der Waals surface area (Å²) in [5.74, 6) is 0. The number of hydrogen-bond acceptors (Lipinski definition) is 4. The number of nitrogens with zero attached hydrogens (tertiary/aromatic N) is 2. The van der Waals surface area contributed by atoms with Crippen LogP contribution < -0.4 is 5.32 Å². The van der Waals surface area contributed by atoms with Gasteiger partial charge in [0, 0.05) is 17.1 Å². The summed E-state index contributed by atoms with van der Waals surface area (Å²) in [6, 6.07) is 5.86. The van der Waals surface area contributed by atoms with Crippen molar-refractivity contribution in [1.82, 2.24) is 15.5 Å². The Bertz CT molecular complexity index is 510. The zero-order valence-electron chi connectivity index (χ0n) is 9.83. The molecule has 90 valence electrons. The molecule has 0 fully saturated rings. The Hall–Kier alpha value is -0.970. The van der Waals surface area contributed by atoms with Gasteiger partial charge in [-0.15, -0.1) is 10.2 Å². The van der Waals surface area contributed by atoms with Gasteiger partial charge in [-0.05, 0) is 25.1 Å². The lowest BCUT2D eigenvalue weighted by Gasteiger charge is -2.02. The maximum atomic E-state index is 6.10. The van der Waals surface area contributed by atoms with Crippen LogP contribution in [-0.2, 0) is 6.54 Å². The zero-order valence-corrected chi connectivity index (χ0v) is 11.4. The van der Waals surface area contributed by atoms with Crippen LogP contribution in [0.5, 0.6) is 0 Å². The van der Waals surface area contributed by atoms with E-state index in [1.54, 1.807) is 11.3 Å². The molecule has 0 aliphatic heterocycles. The Labute approximate surface area is 110 Å². The molecule has 0 unspecified atom stereocenters. The van der Waals surface area contributed by atoms with E-state index in [0.29, 0.717) is 0 Å². The molecule has 1 heterocycles. The highest BCUT2D eigenvalue weighted by molar-refractivity contribution is 7.14. The monoisotopic (exact) mass is 267 g/mol.